The highest BCUT2D eigenvalue weighted by Crippen LogP contribution is 2.12. The molecule has 1 aromatic rings. The Kier molecular flexibility index (Phi) is 3.69. The SMILES string of the molecule is CC(C)(C)CN=CNc1ccccc1. The Labute approximate surface area is 86.1 Å². The predicted octanol–water partition coefficient (Wildman–Crippen LogP) is 3.17. The van der Waals surface area contributed by atoms with E-state index in [0.717, 1.165) is 12.2 Å². The molecule has 0 heterocycles. The van der Waals surface area contributed by atoms with Crippen LogP contribution in [0, 0.1) is 5.41 Å². The Morgan fingerprint density at radius 3 is 2.43 bits per heavy atom. The summed E-state index contributed by atoms with van der Waals surface area (Å²) >= 11 is 0. The summed E-state index contributed by atoms with van der Waals surface area (Å²) in [6.07, 6.45) is 1.76. The quantitative estimate of drug-likeness (QED) is 0.574. The number of rotatable bonds is 3. The van der Waals surface area contributed by atoms with Gasteiger partial charge in [0.05, 0.1) is 6.34 Å². The van der Waals surface area contributed by atoms with E-state index in [1.807, 2.05) is 30.3 Å². The van der Waals surface area contributed by atoms with Gasteiger partial charge in [0, 0.05) is 12.2 Å². The number of hydrogen-bond donors (Lipinski definition) is 1. The van der Waals surface area contributed by atoms with Gasteiger partial charge >= 0.3 is 0 Å². The summed E-state index contributed by atoms with van der Waals surface area (Å²) in [6.45, 7) is 7.36. The molecule has 76 valence electrons. The highest BCUT2D eigenvalue weighted by Gasteiger charge is 2.06. The van der Waals surface area contributed by atoms with Gasteiger partial charge in [0.2, 0.25) is 0 Å². The molecule has 1 aromatic carbocycles. The zero-order valence-corrected chi connectivity index (χ0v) is 9.12. The van der Waals surface area contributed by atoms with Gasteiger partial charge in [-0.2, -0.15) is 0 Å². The van der Waals surface area contributed by atoms with Gasteiger partial charge in [0.1, 0.15) is 0 Å². The molecule has 0 bridgehead atoms. The molecule has 14 heavy (non-hydrogen) atoms. The molecule has 0 radical (unpaired) electrons. The summed E-state index contributed by atoms with van der Waals surface area (Å²) in [4.78, 5) is 4.30. The normalized spacial score (nSPS) is 11.9. The van der Waals surface area contributed by atoms with Gasteiger partial charge in [-0.05, 0) is 17.5 Å². The zero-order chi connectivity index (χ0) is 10.4. The maximum atomic E-state index is 4.30. The van der Waals surface area contributed by atoms with Gasteiger partial charge in [0.25, 0.3) is 0 Å². The minimum Gasteiger partial charge on any atom is -0.347 e. The molecule has 0 unspecified atom stereocenters. The van der Waals surface area contributed by atoms with Crippen LogP contribution < -0.4 is 5.32 Å². The molecule has 0 saturated carbocycles. The Morgan fingerprint density at radius 1 is 1.21 bits per heavy atom. The fourth-order valence-corrected chi connectivity index (χ4v) is 0.974. The number of nitrogens with zero attached hydrogens (tertiary/aromatic N) is 1. The van der Waals surface area contributed by atoms with Crippen LogP contribution in [0.5, 0.6) is 0 Å². The minimum atomic E-state index is 0.259. The average Bonchev–Trinajstić information content (AvgIpc) is 2.13. The number of aliphatic imine (C=N–C) groups is 1. The molecule has 0 fully saturated rings. The Morgan fingerprint density at radius 2 is 1.86 bits per heavy atom. The number of para-hydroxylation sites is 1. The van der Waals surface area contributed by atoms with Crippen molar-refractivity contribution in [1.82, 2.24) is 0 Å². The first-order chi connectivity index (χ1) is 6.58. The summed E-state index contributed by atoms with van der Waals surface area (Å²) < 4.78 is 0. The van der Waals surface area contributed by atoms with Crippen molar-refractivity contribution in [2.45, 2.75) is 20.8 Å². The van der Waals surface area contributed by atoms with Crippen molar-refractivity contribution < 1.29 is 0 Å². The largest absolute Gasteiger partial charge is 0.347 e. The van der Waals surface area contributed by atoms with E-state index in [1.165, 1.54) is 0 Å². The smallest absolute Gasteiger partial charge is 0.0868 e. The van der Waals surface area contributed by atoms with Crippen LogP contribution in [0.1, 0.15) is 20.8 Å². The Bertz CT molecular complexity index is 283. The van der Waals surface area contributed by atoms with Crippen LogP contribution in [0.2, 0.25) is 0 Å². The lowest BCUT2D eigenvalue weighted by atomic mass is 9.98. The molecule has 0 aliphatic rings. The summed E-state index contributed by atoms with van der Waals surface area (Å²) in [5.74, 6) is 0. The number of hydrogen-bond acceptors (Lipinski definition) is 1. The van der Waals surface area contributed by atoms with Crippen molar-refractivity contribution >= 4 is 12.0 Å². The van der Waals surface area contributed by atoms with Gasteiger partial charge < -0.3 is 5.32 Å². The molecular formula is C12H18N2. The molecule has 2 heteroatoms. The Balaban J connectivity index is 2.35. The van der Waals surface area contributed by atoms with Crippen molar-refractivity contribution in [3.8, 4) is 0 Å². The molecule has 2 nitrogen and oxygen atoms in total. The molecule has 1 rings (SSSR count). The topological polar surface area (TPSA) is 24.4 Å². The van der Waals surface area contributed by atoms with E-state index < -0.39 is 0 Å². The lowest BCUT2D eigenvalue weighted by molar-refractivity contribution is 0.430. The van der Waals surface area contributed by atoms with Crippen LogP contribution in [0.15, 0.2) is 35.3 Å². The first-order valence-corrected chi connectivity index (χ1v) is 4.88. The number of benzene rings is 1. The molecular weight excluding hydrogens is 172 g/mol. The first-order valence-electron chi connectivity index (χ1n) is 4.88. The van der Waals surface area contributed by atoms with Crippen LogP contribution in [-0.2, 0) is 0 Å². The third-order valence-corrected chi connectivity index (χ3v) is 1.66. The summed E-state index contributed by atoms with van der Waals surface area (Å²) in [5.41, 5.74) is 1.33. The second-order valence-corrected chi connectivity index (χ2v) is 4.54. The second-order valence-electron chi connectivity index (χ2n) is 4.54. The van der Waals surface area contributed by atoms with E-state index in [0.29, 0.717) is 0 Å². The van der Waals surface area contributed by atoms with Crippen LogP contribution in [0.4, 0.5) is 5.69 Å². The van der Waals surface area contributed by atoms with Crippen molar-refractivity contribution in [2.24, 2.45) is 10.4 Å². The van der Waals surface area contributed by atoms with Crippen molar-refractivity contribution in [2.75, 3.05) is 11.9 Å². The minimum absolute atomic E-state index is 0.259. The van der Waals surface area contributed by atoms with Crippen LogP contribution in [-0.4, -0.2) is 12.9 Å². The third kappa shape index (κ3) is 4.65. The molecule has 0 aromatic heterocycles. The molecule has 0 spiro atoms. The second kappa shape index (κ2) is 4.80. The zero-order valence-electron chi connectivity index (χ0n) is 9.12. The fourth-order valence-electron chi connectivity index (χ4n) is 0.974. The van der Waals surface area contributed by atoms with E-state index in [9.17, 15) is 0 Å². The number of anilines is 1. The standard InChI is InChI=1S/C12H18N2/c1-12(2,3)9-13-10-14-11-7-5-4-6-8-11/h4-8,10H,9H2,1-3H3,(H,13,14). The molecule has 0 aliphatic heterocycles. The van der Waals surface area contributed by atoms with Gasteiger partial charge in [-0.25, -0.2) is 0 Å². The van der Waals surface area contributed by atoms with Crippen LogP contribution >= 0.6 is 0 Å². The molecule has 0 amide bonds. The van der Waals surface area contributed by atoms with Gasteiger partial charge in [0.15, 0.2) is 0 Å². The van der Waals surface area contributed by atoms with E-state index in [1.54, 1.807) is 6.34 Å². The van der Waals surface area contributed by atoms with Crippen LogP contribution in [0.3, 0.4) is 0 Å². The van der Waals surface area contributed by atoms with E-state index in [-0.39, 0.29) is 5.41 Å². The molecule has 0 aliphatic carbocycles. The van der Waals surface area contributed by atoms with Crippen molar-refractivity contribution in [3.05, 3.63) is 30.3 Å². The van der Waals surface area contributed by atoms with Gasteiger partial charge in [-0.3, -0.25) is 4.99 Å². The van der Waals surface area contributed by atoms with E-state index in [4.69, 9.17) is 0 Å². The monoisotopic (exact) mass is 190 g/mol. The average molecular weight is 190 g/mol. The molecule has 1 N–H and O–H groups in total. The van der Waals surface area contributed by atoms with Crippen molar-refractivity contribution in [1.29, 1.82) is 0 Å². The van der Waals surface area contributed by atoms with E-state index in [2.05, 4.69) is 31.1 Å². The van der Waals surface area contributed by atoms with Gasteiger partial charge in [-0.1, -0.05) is 39.0 Å². The highest BCUT2D eigenvalue weighted by atomic mass is 14.9. The lowest BCUT2D eigenvalue weighted by Gasteiger charge is -2.13. The van der Waals surface area contributed by atoms with E-state index >= 15 is 0 Å². The Hall–Kier alpha value is -1.31. The summed E-state index contributed by atoms with van der Waals surface area (Å²) in [5, 5.41) is 3.13. The lowest BCUT2D eigenvalue weighted by Crippen LogP contribution is -2.10. The van der Waals surface area contributed by atoms with Gasteiger partial charge in [-0.15, -0.1) is 0 Å². The predicted molar refractivity (Wildman–Crippen MR) is 62.9 cm³/mol. The maximum Gasteiger partial charge on any atom is 0.0868 e. The number of nitrogens with one attached hydrogen (secondary N) is 1. The highest BCUT2D eigenvalue weighted by molar-refractivity contribution is 5.75. The van der Waals surface area contributed by atoms with Crippen molar-refractivity contribution in [3.63, 3.8) is 0 Å². The summed E-state index contributed by atoms with van der Waals surface area (Å²) in [6, 6.07) is 10.0. The first kappa shape index (κ1) is 10.8. The molecule has 0 atom stereocenters. The fraction of sp³-hybridized carbons (Fsp3) is 0.417. The summed E-state index contributed by atoms with van der Waals surface area (Å²) in [7, 11) is 0. The van der Waals surface area contributed by atoms with Crippen LogP contribution in [0.25, 0.3) is 0 Å². The maximum absolute atomic E-state index is 4.30. The molecule has 0 saturated heterocycles. The third-order valence-electron chi connectivity index (χ3n) is 1.66.